The lowest BCUT2D eigenvalue weighted by Gasteiger charge is -2.08. The van der Waals surface area contributed by atoms with Crippen molar-refractivity contribution in [1.82, 2.24) is 0 Å². The molecule has 3 aromatic rings. The first kappa shape index (κ1) is 14.5. The molecule has 2 N–H and O–H groups in total. The molecule has 0 aliphatic rings. The Hall–Kier alpha value is -1.42. The molecule has 4 heteroatoms. The quantitative estimate of drug-likeness (QED) is 0.673. The van der Waals surface area contributed by atoms with Gasteiger partial charge in [0.1, 0.15) is 11.3 Å². The molecule has 3 rings (SSSR count). The lowest BCUT2D eigenvalue weighted by Crippen LogP contribution is -2.11. The van der Waals surface area contributed by atoms with Crippen LogP contribution in [0.2, 0.25) is 5.02 Å². The van der Waals surface area contributed by atoms with Crippen LogP contribution < -0.4 is 5.73 Å². The highest BCUT2D eigenvalue weighted by Gasteiger charge is 2.13. The first-order chi connectivity index (χ1) is 10.1. The van der Waals surface area contributed by atoms with Gasteiger partial charge >= 0.3 is 0 Å². The van der Waals surface area contributed by atoms with Crippen molar-refractivity contribution in [3.63, 3.8) is 0 Å². The van der Waals surface area contributed by atoms with Crippen LogP contribution in [-0.4, -0.2) is 5.75 Å². The molecule has 0 saturated heterocycles. The molecule has 0 spiro atoms. The van der Waals surface area contributed by atoms with E-state index in [1.54, 1.807) is 11.8 Å². The van der Waals surface area contributed by atoms with Gasteiger partial charge in [0.25, 0.3) is 0 Å². The summed E-state index contributed by atoms with van der Waals surface area (Å²) < 4.78 is 5.91. The van der Waals surface area contributed by atoms with Crippen LogP contribution in [0, 0.1) is 6.92 Å². The van der Waals surface area contributed by atoms with Gasteiger partial charge in [0.15, 0.2) is 0 Å². The predicted molar refractivity (Wildman–Crippen MR) is 90.1 cm³/mol. The number of hydrogen-bond acceptors (Lipinski definition) is 3. The monoisotopic (exact) mass is 317 g/mol. The minimum absolute atomic E-state index is 0.127. The molecule has 0 saturated carbocycles. The minimum atomic E-state index is -0.127. The van der Waals surface area contributed by atoms with Crippen LogP contribution in [-0.2, 0) is 0 Å². The van der Waals surface area contributed by atoms with Gasteiger partial charge in [-0.3, -0.25) is 0 Å². The minimum Gasteiger partial charge on any atom is -0.459 e. The normalized spacial score (nSPS) is 12.7. The van der Waals surface area contributed by atoms with Crippen LogP contribution in [0.5, 0.6) is 0 Å². The van der Waals surface area contributed by atoms with E-state index in [9.17, 15) is 0 Å². The Kier molecular flexibility index (Phi) is 4.24. The van der Waals surface area contributed by atoms with Crippen molar-refractivity contribution >= 4 is 34.3 Å². The summed E-state index contributed by atoms with van der Waals surface area (Å²) in [7, 11) is 0. The van der Waals surface area contributed by atoms with E-state index in [4.69, 9.17) is 21.8 Å². The van der Waals surface area contributed by atoms with Crippen LogP contribution in [0.25, 0.3) is 11.0 Å². The van der Waals surface area contributed by atoms with Crippen molar-refractivity contribution in [3.8, 4) is 0 Å². The van der Waals surface area contributed by atoms with Gasteiger partial charge in [-0.25, -0.2) is 0 Å². The fourth-order valence-corrected chi connectivity index (χ4v) is 3.20. The molecule has 1 aromatic heterocycles. The Labute approximate surface area is 133 Å². The third kappa shape index (κ3) is 3.26. The van der Waals surface area contributed by atoms with E-state index in [-0.39, 0.29) is 6.04 Å². The van der Waals surface area contributed by atoms with Crippen molar-refractivity contribution in [1.29, 1.82) is 0 Å². The number of benzene rings is 2. The molecule has 0 amide bonds. The third-order valence-electron chi connectivity index (χ3n) is 3.37. The zero-order valence-corrected chi connectivity index (χ0v) is 13.2. The van der Waals surface area contributed by atoms with Gasteiger partial charge in [-0.05, 0) is 42.8 Å². The van der Waals surface area contributed by atoms with E-state index >= 15 is 0 Å². The maximum Gasteiger partial charge on any atom is 0.137 e. The van der Waals surface area contributed by atoms with Gasteiger partial charge in [-0.2, -0.15) is 0 Å². The summed E-state index contributed by atoms with van der Waals surface area (Å²) in [6, 6.07) is 15.8. The fourth-order valence-electron chi connectivity index (χ4n) is 2.21. The smallest absolute Gasteiger partial charge is 0.137 e. The summed E-state index contributed by atoms with van der Waals surface area (Å²) in [6.07, 6.45) is 0. The second-order valence-corrected chi connectivity index (χ2v) is 6.54. The van der Waals surface area contributed by atoms with E-state index in [0.29, 0.717) is 0 Å². The lowest BCUT2D eigenvalue weighted by molar-refractivity contribution is 0.514. The number of hydrogen-bond donors (Lipinski definition) is 1. The Balaban J connectivity index is 1.73. The van der Waals surface area contributed by atoms with Gasteiger partial charge in [0.05, 0.1) is 6.04 Å². The average Bonchev–Trinajstić information content (AvgIpc) is 2.92. The maximum atomic E-state index is 6.25. The van der Waals surface area contributed by atoms with E-state index in [2.05, 4.69) is 0 Å². The van der Waals surface area contributed by atoms with Crippen LogP contribution >= 0.6 is 23.4 Å². The molecule has 0 bridgehead atoms. The molecule has 2 nitrogen and oxygen atoms in total. The Morgan fingerprint density at radius 1 is 1.19 bits per heavy atom. The molecule has 1 unspecified atom stereocenters. The molecule has 0 radical (unpaired) electrons. The Bertz CT molecular complexity index is 751. The molecule has 1 heterocycles. The molecule has 108 valence electrons. The van der Waals surface area contributed by atoms with Crippen LogP contribution in [0.1, 0.15) is 17.4 Å². The van der Waals surface area contributed by atoms with Gasteiger partial charge in [-0.15, -0.1) is 11.8 Å². The third-order valence-corrected chi connectivity index (χ3v) is 4.75. The average molecular weight is 318 g/mol. The van der Waals surface area contributed by atoms with Crippen molar-refractivity contribution in [2.75, 3.05) is 5.75 Å². The second kappa shape index (κ2) is 6.14. The number of thioether (sulfide) groups is 1. The summed E-state index contributed by atoms with van der Waals surface area (Å²) in [5.74, 6) is 1.60. The van der Waals surface area contributed by atoms with Crippen LogP contribution in [0.4, 0.5) is 0 Å². The predicted octanol–water partition coefficient (Wildman–Crippen LogP) is 5.19. The summed E-state index contributed by atoms with van der Waals surface area (Å²) >= 11 is 7.58. The first-order valence-electron chi connectivity index (χ1n) is 6.76. The van der Waals surface area contributed by atoms with E-state index in [1.807, 2.05) is 55.5 Å². The summed E-state index contributed by atoms with van der Waals surface area (Å²) in [5, 5.41) is 1.85. The number of para-hydroxylation sites is 1. The summed E-state index contributed by atoms with van der Waals surface area (Å²) in [5.41, 5.74) is 8.31. The van der Waals surface area contributed by atoms with Crippen molar-refractivity contribution < 1.29 is 4.42 Å². The largest absolute Gasteiger partial charge is 0.459 e. The SMILES string of the molecule is Cc1cccc2cc(C(N)CSc3ccc(Cl)cc3)oc12. The zero-order valence-electron chi connectivity index (χ0n) is 11.7. The van der Waals surface area contributed by atoms with Gasteiger partial charge in [-0.1, -0.05) is 29.8 Å². The number of fused-ring (bicyclic) bond motifs is 1. The first-order valence-corrected chi connectivity index (χ1v) is 8.13. The standard InChI is InChI=1S/C17H16ClNOS/c1-11-3-2-4-12-9-16(20-17(11)12)15(19)10-21-14-7-5-13(18)6-8-14/h2-9,15H,10,19H2,1H3. The molecule has 2 aromatic carbocycles. The van der Waals surface area contributed by atoms with Crippen LogP contribution in [0.15, 0.2) is 57.8 Å². The number of aryl methyl sites for hydroxylation is 1. The molecule has 21 heavy (non-hydrogen) atoms. The topological polar surface area (TPSA) is 39.2 Å². The van der Waals surface area contributed by atoms with Gasteiger partial charge < -0.3 is 10.2 Å². The van der Waals surface area contributed by atoms with Crippen molar-refractivity contribution in [2.24, 2.45) is 5.73 Å². The Morgan fingerprint density at radius 2 is 1.95 bits per heavy atom. The Morgan fingerprint density at radius 3 is 2.67 bits per heavy atom. The maximum absolute atomic E-state index is 6.25. The van der Waals surface area contributed by atoms with E-state index in [1.165, 1.54) is 0 Å². The van der Waals surface area contributed by atoms with Crippen LogP contribution in [0.3, 0.4) is 0 Å². The molecular formula is C17H16ClNOS. The lowest BCUT2D eigenvalue weighted by atomic mass is 10.1. The second-order valence-electron chi connectivity index (χ2n) is 5.01. The highest BCUT2D eigenvalue weighted by Crippen LogP contribution is 2.29. The van der Waals surface area contributed by atoms with E-state index in [0.717, 1.165) is 38.0 Å². The van der Waals surface area contributed by atoms with Crippen molar-refractivity contribution in [3.05, 3.63) is 64.9 Å². The highest BCUT2D eigenvalue weighted by atomic mass is 35.5. The molecular weight excluding hydrogens is 302 g/mol. The number of halogens is 1. The zero-order chi connectivity index (χ0) is 14.8. The number of rotatable bonds is 4. The molecule has 0 fully saturated rings. The number of furan rings is 1. The molecule has 0 aliphatic carbocycles. The van der Waals surface area contributed by atoms with Gasteiger partial charge in [0, 0.05) is 21.1 Å². The summed E-state index contributed by atoms with van der Waals surface area (Å²) in [4.78, 5) is 1.15. The molecule has 0 aliphatic heterocycles. The highest BCUT2D eigenvalue weighted by molar-refractivity contribution is 7.99. The van der Waals surface area contributed by atoms with Gasteiger partial charge in [0.2, 0.25) is 0 Å². The van der Waals surface area contributed by atoms with Crippen molar-refractivity contribution in [2.45, 2.75) is 17.9 Å². The van der Waals surface area contributed by atoms with E-state index < -0.39 is 0 Å². The number of nitrogens with two attached hydrogens (primary N) is 1. The fraction of sp³-hybridized carbons (Fsp3) is 0.176. The molecule has 1 atom stereocenters. The summed E-state index contributed by atoms with van der Waals surface area (Å²) in [6.45, 7) is 2.05.